The third kappa shape index (κ3) is 6.88. The van der Waals surface area contributed by atoms with Gasteiger partial charge in [-0.15, -0.1) is 6.07 Å². The van der Waals surface area contributed by atoms with Crippen molar-refractivity contribution in [3.8, 4) is 67.5 Å². The van der Waals surface area contributed by atoms with E-state index in [1.54, 1.807) is 6.07 Å². The summed E-state index contributed by atoms with van der Waals surface area (Å²) in [6.07, 6.45) is 0. The molecule has 13 rings (SSSR count). The van der Waals surface area contributed by atoms with Crippen LogP contribution >= 0.6 is 0 Å². The van der Waals surface area contributed by atoms with E-state index in [-0.39, 0.29) is 34.5 Å². The summed E-state index contributed by atoms with van der Waals surface area (Å²) in [6, 6.07) is 52.7. The van der Waals surface area contributed by atoms with Crippen molar-refractivity contribution < 1.29 is 35.1 Å². The van der Waals surface area contributed by atoms with Gasteiger partial charge in [0.1, 0.15) is 0 Å². The van der Waals surface area contributed by atoms with Gasteiger partial charge < -0.3 is 0 Å². The Labute approximate surface area is 438 Å². The minimum atomic E-state index is -2.65. The fourth-order valence-corrected chi connectivity index (χ4v) is 11.7. The van der Waals surface area contributed by atoms with E-state index in [4.69, 9.17) is 17.9 Å². The Morgan fingerprint density at radius 1 is 0.620 bits per heavy atom. The number of aromatic nitrogens is 3. The molecule has 0 saturated heterocycles. The number of aryl methyl sites for hydroxylation is 1. The van der Waals surface area contributed by atoms with E-state index in [1.165, 1.54) is 22.7 Å². The van der Waals surface area contributed by atoms with Crippen LogP contribution in [0.15, 0.2) is 176 Å². The molecule has 6 nitrogen and oxygen atoms in total. The maximum atomic E-state index is 9.38. The van der Waals surface area contributed by atoms with Crippen molar-refractivity contribution in [2.75, 3.05) is 9.62 Å². The molecule has 3 aliphatic heterocycles. The molecular formula is C63H50BN5OPt-2. The van der Waals surface area contributed by atoms with Crippen LogP contribution in [0.1, 0.15) is 69.2 Å². The molecule has 8 aromatic carbocycles. The monoisotopic (exact) mass is 1110 g/mol. The molecule has 3 aliphatic rings. The van der Waals surface area contributed by atoms with Gasteiger partial charge in [-0.25, -0.2) is 0 Å². The summed E-state index contributed by atoms with van der Waals surface area (Å²) in [4.78, 5) is 9.96. The number of para-hydroxylation sites is 4. The maximum absolute atomic E-state index is 9.38. The Morgan fingerprint density at radius 2 is 1.28 bits per heavy atom. The molecule has 8 heteroatoms. The summed E-state index contributed by atoms with van der Waals surface area (Å²) in [6.45, 7) is 9.99. The molecule has 0 unspecified atom stereocenters. The molecule has 0 aliphatic carbocycles. The van der Waals surface area contributed by atoms with Crippen molar-refractivity contribution in [3.63, 3.8) is 0 Å². The molecule has 0 bridgehead atoms. The fourth-order valence-electron chi connectivity index (χ4n) is 10.6. The van der Waals surface area contributed by atoms with Crippen molar-refractivity contribution >= 4 is 46.4 Å². The first-order valence-electron chi connectivity index (χ1n) is 27.7. The molecular weight excluding hydrogens is 1050 g/mol. The first-order valence-corrected chi connectivity index (χ1v) is 24.9. The van der Waals surface area contributed by atoms with Gasteiger partial charge in [0.05, 0.1) is 0 Å². The SMILES string of the molecule is [2H]c1c([2H])c([2H])c(-c2cc(C([2H])([2H])[2H])cc(-c3cc(C(C)(C)C)cc(C(C)(C)C)c3)c2-n2[c](=[Pt])n(-c3[c-]c(Oc4ccc5c(n4)N4B6c7c(cccc7-5)-c5ccccc5N6c5ccc[c-]c54)ccc3)c3ccccc32)c([2H])c1[2H]. The summed E-state index contributed by atoms with van der Waals surface area (Å²) in [5, 5.41) is 0. The third-order valence-electron chi connectivity index (χ3n) is 14.0. The Morgan fingerprint density at radius 3 is 2.03 bits per heavy atom. The number of anilines is 4. The molecule has 5 heterocycles. The van der Waals surface area contributed by atoms with Gasteiger partial charge in [-0.2, -0.15) is 12.1 Å². The summed E-state index contributed by atoms with van der Waals surface area (Å²) in [5.74, 6) is 1.52. The standard InChI is InChI=1S/C63H50BN5O.Pt/c1-40-33-51(41-19-9-8-10-20-41)60(52(34-40)42-35-43(62(2,3)4)37-44(36-42)63(5,6)7)67-39-66(54-27-13-14-28-55(54)67)45-21-17-22-46(38-45)70-58-32-31-50-49-25-18-24-48-47-23-11-12-26-53(47)68-56-29-15-16-30-57(56)69(61(50)65-58)64(68)59(48)49;/h8-29,31-37H,1-7H3;/q-2;/i1D3,8D,9D,10D,19D,20D;. The number of hydrogen-bond donors (Lipinski definition) is 0. The summed E-state index contributed by atoms with van der Waals surface area (Å²) in [5.41, 5.74) is 13.9. The van der Waals surface area contributed by atoms with Gasteiger partial charge in [-0.05, 0) is 11.6 Å². The van der Waals surface area contributed by atoms with Crippen molar-refractivity contribution in [2.24, 2.45) is 0 Å². The molecule has 0 saturated carbocycles. The van der Waals surface area contributed by atoms with Crippen LogP contribution in [0.2, 0.25) is 0 Å². The number of rotatable bonds is 6. The molecule has 10 aromatic rings. The van der Waals surface area contributed by atoms with Crippen LogP contribution in [0.25, 0.3) is 66.9 Å². The molecule has 0 atom stereocenters. The van der Waals surface area contributed by atoms with Gasteiger partial charge in [-0.3, -0.25) is 0 Å². The second-order valence-electron chi connectivity index (χ2n) is 20.4. The average Bonchev–Trinajstić information content (AvgIpc) is 2.89. The van der Waals surface area contributed by atoms with Crippen LogP contribution in [0.3, 0.4) is 0 Å². The Bertz CT molecular complexity index is 4270. The van der Waals surface area contributed by atoms with E-state index in [0.29, 0.717) is 43.5 Å². The zero-order valence-electron chi connectivity index (χ0n) is 47.9. The number of ether oxygens (including phenoxy) is 1. The molecule has 348 valence electrons. The quantitative estimate of drug-likeness (QED) is 0.123. The van der Waals surface area contributed by atoms with E-state index in [1.807, 2.05) is 69.8 Å². The van der Waals surface area contributed by atoms with Crippen molar-refractivity contribution in [3.05, 3.63) is 208 Å². The molecule has 71 heavy (non-hydrogen) atoms. The predicted molar refractivity (Wildman–Crippen MR) is 288 cm³/mol. The normalized spacial score (nSPS) is 15.1. The summed E-state index contributed by atoms with van der Waals surface area (Å²) in [7, 11) is 0. The van der Waals surface area contributed by atoms with Crippen LogP contribution in [0.5, 0.6) is 11.6 Å². The molecule has 0 radical (unpaired) electrons. The second-order valence-corrected chi connectivity index (χ2v) is 21.5. The van der Waals surface area contributed by atoms with E-state index >= 15 is 0 Å². The van der Waals surface area contributed by atoms with Crippen LogP contribution in [-0.2, 0) is 30.2 Å². The number of benzene rings is 8. The van der Waals surface area contributed by atoms with E-state index < -0.39 is 37.1 Å². The second kappa shape index (κ2) is 16.0. The van der Waals surface area contributed by atoms with Crippen LogP contribution in [0.4, 0.5) is 22.9 Å². The van der Waals surface area contributed by atoms with Gasteiger partial charge in [0, 0.05) is 11.3 Å². The average molecular weight is 1110 g/mol. The van der Waals surface area contributed by atoms with Crippen molar-refractivity contribution in [1.29, 1.82) is 0 Å². The Hall–Kier alpha value is -7.47. The van der Waals surface area contributed by atoms with E-state index in [2.05, 4.69) is 155 Å². The molecule has 0 N–H and O–H groups in total. The van der Waals surface area contributed by atoms with Crippen LogP contribution in [0, 0.1) is 22.8 Å². The molecule has 0 amide bonds. The first kappa shape index (κ1) is 35.6. The Kier molecular flexibility index (Phi) is 8.04. The molecule has 0 spiro atoms. The number of hydrogen-bond acceptors (Lipinski definition) is 4. The topological polar surface area (TPSA) is 38.5 Å². The van der Waals surface area contributed by atoms with E-state index in [9.17, 15) is 2.74 Å². The number of imidazole rings is 1. The van der Waals surface area contributed by atoms with Gasteiger partial charge in [0.2, 0.25) is 0 Å². The third-order valence-corrected chi connectivity index (χ3v) is 15.0. The van der Waals surface area contributed by atoms with Crippen molar-refractivity contribution in [2.45, 2.75) is 59.2 Å². The van der Waals surface area contributed by atoms with Gasteiger partial charge >= 0.3 is 369 Å². The fraction of sp³-hybridized carbons (Fsp3) is 0.143. The molecule has 0 fully saturated rings. The number of nitrogens with zero attached hydrogens (tertiary/aromatic N) is 5. The minimum absolute atomic E-state index is 0.0394. The van der Waals surface area contributed by atoms with Gasteiger partial charge in [0.15, 0.2) is 0 Å². The number of pyridine rings is 1. The van der Waals surface area contributed by atoms with Crippen molar-refractivity contribution in [1.82, 2.24) is 14.1 Å². The molecule has 2 aromatic heterocycles. The predicted octanol–water partition coefficient (Wildman–Crippen LogP) is 15.2. The van der Waals surface area contributed by atoms with Gasteiger partial charge in [-0.1, -0.05) is 30.3 Å². The Balaban J connectivity index is 1.00. The summed E-state index contributed by atoms with van der Waals surface area (Å²) < 4.78 is 83.0. The number of fused-ring (bicyclic) bond motifs is 10. The van der Waals surface area contributed by atoms with Gasteiger partial charge in [0.25, 0.3) is 0 Å². The zero-order chi connectivity index (χ0) is 55.4. The summed E-state index contributed by atoms with van der Waals surface area (Å²) >= 11 is 2.26. The van der Waals surface area contributed by atoms with Crippen LogP contribution < -0.4 is 19.8 Å². The first-order chi connectivity index (χ1) is 37.6. The van der Waals surface area contributed by atoms with E-state index in [0.717, 1.165) is 50.7 Å². The van der Waals surface area contributed by atoms with Crippen LogP contribution in [-0.4, -0.2) is 21.1 Å². The zero-order valence-corrected chi connectivity index (χ0v) is 42.2.